The van der Waals surface area contributed by atoms with E-state index in [-0.39, 0.29) is 11.7 Å². The Morgan fingerprint density at radius 1 is 1.09 bits per heavy atom. The number of thioether (sulfide) groups is 1. The highest BCUT2D eigenvalue weighted by Crippen LogP contribution is 2.59. The van der Waals surface area contributed by atoms with Crippen molar-refractivity contribution in [2.45, 2.75) is 87.7 Å². The van der Waals surface area contributed by atoms with Crippen molar-refractivity contribution >= 4 is 39.1 Å². The molecule has 0 radical (unpaired) electrons. The van der Waals surface area contributed by atoms with Gasteiger partial charge in [0.05, 0.1) is 28.5 Å². The standard InChI is InChI=1S/C38H43NO4S2/c1-4-43-29-15-17-33-34(23-29)45-36(39-33)44-24-38(42)20-18-32-30-16-13-26(22-31(30)35(41)27-10-6-5-7-11-27)21-28(40)14-12-25(2)9-8-19-37(32,38)3/h5-7,9-11,13,15-17,22-23,28,32,40,42H,4,8,12,14,18-21,24H2,1-3H3. The lowest BCUT2D eigenvalue weighted by atomic mass is 9.65. The van der Waals surface area contributed by atoms with Gasteiger partial charge in [-0.3, -0.25) is 4.79 Å². The van der Waals surface area contributed by atoms with E-state index >= 15 is 0 Å². The minimum Gasteiger partial charge on any atom is -0.494 e. The van der Waals surface area contributed by atoms with Crippen molar-refractivity contribution in [3.8, 4) is 5.75 Å². The SMILES string of the molecule is CCOc1ccc2nc(SCC3(O)CCC4c5ccc(cc5C(=O)c5ccccc5)CC(O)CCC(C)=CCCC43C)sc2c1. The third-order valence-corrected chi connectivity index (χ3v) is 12.4. The molecule has 7 heteroatoms. The number of thiazole rings is 1. The molecule has 1 aromatic heterocycles. The molecule has 7 rings (SSSR count). The minimum atomic E-state index is -0.947. The zero-order valence-electron chi connectivity index (χ0n) is 26.4. The van der Waals surface area contributed by atoms with E-state index in [0.29, 0.717) is 42.7 Å². The number of carbonyl (C=O) groups excluding carboxylic acids is 1. The first kappa shape index (κ1) is 32.0. The van der Waals surface area contributed by atoms with Gasteiger partial charge in [0.2, 0.25) is 0 Å². The van der Waals surface area contributed by atoms with E-state index in [9.17, 15) is 15.0 Å². The number of carbonyl (C=O) groups is 1. The molecule has 4 atom stereocenters. The molecular weight excluding hydrogens is 599 g/mol. The number of nitrogens with zero attached hydrogens (tertiary/aromatic N) is 1. The zero-order valence-corrected chi connectivity index (χ0v) is 28.1. The van der Waals surface area contributed by atoms with Crippen LogP contribution >= 0.6 is 23.1 Å². The van der Waals surface area contributed by atoms with Crippen molar-refractivity contribution in [2.24, 2.45) is 5.41 Å². The Balaban J connectivity index is 1.36. The molecule has 0 amide bonds. The number of aromatic nitrogens is 1. The van der Waals surface area contributed by atoms with Crippen molar-refractivity contribution in [1.29, 1.82) is 0 Å². The van der Waals surface area contributed by atoms with Gasteiger partial charge < -0.3 is 14.9 Å². The molecule has 0 aliphatic heterocycles. The Morgan fingerprint density at radius 2 is 1.91 bits per heavy atom. The summed E-state index contributed by atoms with van der Waals surface area (Å²) in [6, 6.07) is 21.7. The quantitative estimate of drug-likeness (QED) is 0.119. The second-order valence-corrected chi connectivity index (χ2v) is 15.2. The topological polar surface area (TPSA) is 79.7 Å². The Kier molecular flexibility index (Phi) is 9.53. The molecule has 4 aromatic rings. The van der Waals surface area contributed by atoms with E-state index in [4.69, 9.17) is 9.72 Å². The van der Waals surface area contributed by atoms with Crippen LogP contribution in [0.3, 0.4) is 0 Å². The Morgan fingerprint density at radius 3 is 2.71 bits per heavy atom. The Bertz CT molecular complexity index is 1700. The average molecular weight is 642 g/mol. The maximum absolute atomic E-state index is 14.1. The largest absolute Gasteiger partial charge is 0.494 e. The van der Waals surface area contributed by atoms with Crippen LogP contribution in [0.25, 0.3) is 10.2 Å². The second-order valence-electron chi connectivity index (χ2n) is 13.0. The Hall–Kier alpha value is -2.97. The van der Waals surface area contributed by atoms with Crippen LogP contribution in [0.1, 0.15) is 92.3 Å². The molecule has 3 aromatic carbocycles. The van der Waals surface area contributed by atoms with Gasteiger partial charge in [0.15, 0.2) is 10.1 Å². The van der Waals surface area contributed by atoms with Gasteiger partial charge in [-0.2, -0.15) is 0 Å². The van der Waals surface area contributed by atoms with Crippen LogP contribution in [0.4, 0.5) is 0 Å². The smallest absolute Gasteiger partial charge is 0.193 e. The number of ketones is 1. The van der Waals surface area contributed by atoms with Crippen LogP contribution in [-0.2, 0) is 6.42 Å². The summed E-state index contributed by atoms with van der Waals surface area (Å²) in [5.74, 6) is 1.38. The molecule has 3 aliphatic rings. The van der Waals surface area contributed by atoms with Gasteiger partial charge in [0.25, 0.3) is 0 Å². The fourth-order valence-corrected chi connectivity index (χ4v) is 9.71. The highest BCUT2D eigenvalue weighted by Gasteiger charge is 2.56. The third-order valence-electron chi connectivity index (χ3n) is 10.0. The summed E-state index contributed by atoms with van der Waals surface area (Å²) in [6.45, 7) is 6.98. The first-order valence-corrected chi connectivity index (χ1v) is 17.9. The number of allylic oxidation sites excluding steroid dienone is 2. The summed E-state index contributed by atoms with van der Waals surface area (Å²) < 4.78 is 7.72. The maximum Gasteiger partial charge on any atom is 0.193 e. The monoisotopic (exact) mass is 641 g/mol. The summed E-state index contributed by atoms with van der Waals surface area (Å²) >= 11 is 3.28. The first-order chi connectivity index (χ1) is 21.7. The summed E-state index contributed by atoms with van der Waals surface area (Å²) in [5, 5.41) is 23.5. The van der Waals surface area contributed by atoms with E-state index in [1.807, 2.05) is 61.5 Å². The number of fused-ring (bicyclic) bond motifs is 9. The number of rotatable bonds is 7. The molecule has 0 spiro atoms. The average Bonchev–Trinajstić information content (AvgIpc) is 3.56. The zero-order chi connectivity index (χ0) is 31.6. The summed E-state index contributed by atoms with van der Waals surface area (Å²) in [7, 11) is 0. The lowest BCUT2D eigenvalue weighted by molar-refractivity contribution is -0.0422. The van der Waals surface area contributed by atoms with Crippen molar-refractivity contribution < 1.29 is 19.7 Å². The number of benzene rings is 3. The number of aliphatic hydroxyl groups excluding tert-OH is 1. The van der Waals surface area contributed by atoms with Crippen LogP contribution in [0.2, 0.25) is 0 Å². The molecule has 1 heterocycles. The van der Waals surface area contributed by atoms with Crippen molar-refractivity contribution in [3.63, 3.8) is 0 Å². The predicted octanol–water partition coefficient (Wildman–Crippen LogP) is 8.76. The molecule has 3 aliphatic carbocycles. The fourth-order valence-electron chi connectivity index (χ4n) is 7.30. The van der Waals surface area contributed by atoms with Crippen LogP contribution < -0.4 is 4.74 Å². The van der Waals surface area contributed by atoms with E-state index in [0.717, 1.165) is 57.1 Å². The highest BCUT2D eigenvalue weighted by atomic mass is 32.2. The van der Waals surface area contributed by atoms with E-state index in [2.05, 4.69) is 32.1 Å². The van der Waals surface area contributed by atoms with Crippen molar-refractivity contribution in [3.05, 3.63) is 101 Å². The van der Waals surface area contributed by atoms with Crippen LogP contribution in [0.15, 0.2) is 82.7 Å². The molecular formula is C38H43NO4S2. The second kappa shape index (κ2) is 13.4. The molecule has 236 valence electrons. The third kappa shape index (κ3) is 6.64. The molecule has 1 saturated carbocycles. The van der Waals surface area contributed by atoms with Gasteiger partial charge in [-0.1, -0.05) is 72.8 Å². The molecule has 2 bridgehead atoms. The summed E-state index contributed by atoms with van der Waals surface area (Å²) in [4.78, 5) is 18.9. The minimum absolute atomic E-state index is 0.00200. The van der Waals surface area contributed by atoms with Gasteiger partial charge in [-0.05, 0) is 100 Å². The van der Waals surface area contributed by atoms with E-state index in [1.165, 1.54) is 5.57 Å². The number of aliphatic hydroxyl groups is 2. The van der Waals surface area contributed by atoms with Crippen LogP contribution in [0.5, 0.6) is 5.75 Å². The number of hydrogen-bond acceptors (Lipinski definition) is 7. The first-order valence-electron chi connectivity index (χ1n) is 16.1. The van der Waals surface area contributed by atoms with E-state index < -0.39 is 17.1 Å². The van der Waals surface area contributed by atoms with Crippen LogP contribution in [0, 0.1) is 5.41 Å². The van der Waals surface area contributed by atoms with Gasteiger partial charge in [0, 0.05) is 22.3 Å². The van der Waals surface area contributed by atoms with Crippen molar-refractivity contribution in [2.75, 3.05) is 12.4 Å². The number of hydrogen-bond donors (Lipinski definition) is 2. The summed E-state index contributed by atoms with van der Waals surface area (Å²) in [5.41, 5.74) is 4.14. The normalized spacial score (nSPS) is 25.5. The van der Waals surface area contributed by atoms with Crippen molar-refractivity contribution in [1.82, 2.24) is 4.98 Å². The molecule has 5 nitrogen and oxygen atoms in total. The fraction of sp³-hybridized carbons (Fsp3) is 0.421. The maximum atomic E-state index is 14.1. The lowest BCUT2D eigenvalue weighted by Gasteiger charge is -2.44. The molecule has 4 unspecified atom stereocenters. The molecule has 45 heavy (non-hydrogen) atoms. The number of ether oxygens (including phenoxy) is 1. The van der Waals surface area contributed by atoms with Gasteiger partial charge >= 0.3 is 0 Å². The van der Waals surface area contributed by atoms with Gasteiger partial charge in [-0.15, -0.1) is 11.3 Å². The molecule has 2 N–H and O–H groups in total. The predicted molar refractivity (Wildman–Crippen MR) is 185 cm³/mol. The molecule has 1 fully saturated rings. The highest BCUT2D eigenvalue weighted by molar-refractivity contribution is 8.01. The van der Waals surface area contributed by atoms with Gasteiger partial charge in [-0.25, -0.2) is 4.98 Å². The lowest BCUT2D eigenvalue weighted by Crippen LogP contribution is -2.46. The Labute approximate surface area is 274 Å². The van der Waals surface area contributed by atoms with Crippen LogP contribution in [-0.4, -0.2) is 45.0 Å². The van der Waals surface area contributed by atoms with Gasteiger partial charge in [0.1, 0.15) is 5.75 Å². The molecule has 0 saturated heterocycles. The summed E-state index contributed by atoms with van der Waals surface area (Å²) in [6.07, 6.45) is 6.93. The van der Waals surface area contributed by atoms with E-state index in [1.54, 1.807) is 23.1 Å².